The van der Waals surface area contributed by atoms with E-state index in [0.717, 1.165) is 45.6 Å². The van der Waals surface area contributed by atoms with E-state index in [9.17, 15) is 9.70 Å². The monoisotopic (exact) mass is 321 g/mol. The van der Waals surface area contributed by atoms with Gasteiger partial charge in [0.25, 0.3) is 0 Å². The summed E-state index contributed by atoms with van der Waals surface area (Å²) in [5.41, 5.74) is -0.168. The van der Waals surface area contributed by atoms with E-state index in [4.69, 9.17) is 4.74 Å². The van der Waals surface area contributed by atoms with Gasteiger partial charge in [-0.2, -0.15) is 0 Å². The minimum absolute atomic E-state index is 0.0358. The van der Waals surface area contributed by atoms with E-state index in [0.29, 0.717) is 13.2 Å². The summed E-state index contributed by atoms with van der Waals surface area (Å²) in [6.45, 7) is 9.99. The second-order valence-corrected chi connectivity index (χ2v) is 6.19. The predicted octanol–water partition coefficient (Wildman–Crippen LogP) is 1.43. The lowest BCUT2D eigenvalue weighted by molar-refractivity contribution is -0.115. The highest BCUT2D eigenvalue weighted by Crippen LogP contribution is 2.17. The maximum atomic E-state index is 10.7. The van der Waals surface area contributed by atoms with Crippen molar-refractivity contribution >= 4 is 15.2 Å². The fourth-order valence-corrected chi connectivity index (χ4v) is 1.85. The summed E-state index contributed by atoms with van der Waals surface area (Å²) in [6.07, 6.45) is 1.99. The average molecular weight is 321 g/mol. The van der Waals surface area contributed by atoms with E-state index < -0.39 is 0 Å². The molecular weight excluding hydrogens is 293 g/mol. The molecule has 0 saturated carbocycles. The van der Waals surface area contributed by atoms with Crippen LogP contribution in [-0.4, -0.2) is 64.3 Å². The standard InChI is InChI=1S/C10H19NO2.C3H9N2O2P/c1-10(2,9-12)3-4-11-5-7-13-8-6-11;1-7-3-2-4-8-5-6/h9H,3-8H2,1-2H3;4,8H,2-3H2,1H3. The molecule has 1 atom stereocenters. The number of carbonyl (C=O) groups is 1. The number of hydrogen-bond acceptors (Lipinski definition) is 7. The molecule has 1 N–H and O–H groups in total. The summed E-state index contributed by atoms with van der Waals surface area (Å²) >= 11 is 0. The lowest BCUT2D eigenvalue weighted by Gasteiger charge is -2.29. The molecule has 8 heteroatoms. The van der Waals surface area contributed by atoms with Crippen LogP contribution < -0.4 is 5.09 Å². The zero-order valence-electron chi connectivity index (χ0n) is 13.3. The van der Waals surface area contributed by atoms with Crippen molar-refractivity contribution in [3.63, 3.8) is 0 Å². The first-order valence-electron chi connectivity index (χ1n) is 7.11. The van der Waals surface area contributed by atoms with Crippen molar-refractivity contribution < 1.29 is 14.3 Å². The average Bonchev–Trinajstić information content (AvgIpc) is 2.51. The van der Waals surface area contributed by atoms with Crippen molar-refractivity contribution in [1.29, 1.82) is 0 Å². The number of methoxy groups -OCH3 is 1. The van der Waals surface area contributed by atoms with Crippen LogP contribution in [0.3, 0.4) is 0 Å². The molecule has 0 amide bonds. The molecule has 0 bridgehead atoms. The third-order valence-corrected chi connectivity index (χ3v) is 3.55. The Balaban J connectivity index is 0.000000433. The van der Waals surface area contributed by atoms with Crippen LogP contribution in [0.5, 0.6) is 0 Å². The molecule has 0 aromatic heterocycles. The number of ether oxygens (including phenoxy) is 2. The molecule has 0 aliphatic carbocycles. The van der Waals surface area contributed by atoms with Crippen molar-refractivity contribution in [3.8, 4) is 0 Å². The number of rotatable bonds is 9. The Bertz CT molecular complexity index is 274. The minimum Gasteiger partial charge on any atom is -0.383 e. The Morgan fingerprint density at radius 1 is 1.43 bits per heavy atom. The quantitative estimate of drug-likeness (QED) is 0.299. The molecule has 1 rings (SSSR count). The predicted molar refractivity (Wildman–Crippen MR) is 85.7 cm³/mol. The molecule has 7 nitrogen and oxygen atoms in total. The highest BCUT2D eigenvalue weighted by atomic mass is 31.1. The van der Waals surface area contributed by atoms with Crippen molar-refractivity contribution in [2.45, 2.75) is 20.3 Å². The zero-order chi connectivity index (χ0) is 16.0. The topological polar surface area (TPSA) is 80.2 Å². The third kappa shape index (κ3) is 13.0. The number of carbonyl (C=O) groups excluding carboxylic acids is 1. The van der Waals surface area contributed by atoms with Gasteiger partial charge in [-0.25, -0.2) is 0 Å². The van der Waals surface area contributed by atoms with Crippen LogP contribution in [0.4, 0.5) is 0 Å². The fourth-order valence-electron chi connectivity index (χ4n) is 1.57. The molecule has 0 aromatic carbocycles. The van der Waals surface area contributed by atoms with E-state index in [1.54, 1.807) is 7.11 Å². The van der Waals surface area contributed by atoms with Gasteiger partial charge >= 0.3 is 0 Å². The lowest BCUT2D eigenvalue weighted by atomic mass is 9.91. The van der Waals surface area contributed by atoms with Crippen LogP contribution in [0.2, 0.25) is 0 Å². The number of nitrogens with one attached hydrogen (secondary N) is 1. The van der Waals surface area contributed by atoms with E-state index in [1.165, 1.54) is 0 Å². The molecular formula is C13H28N3O4P. The second-order valence-electron chi connectivity index (χ2n) is 5.43. The molecule has 21 heavy (non-hydrogen) atoms. The van der Waals surface area contributed by atoms with E-state index >= 15 is 0 Å². The van der Waals surface area contributed by atoms with E-state index in [2.05, 4.69) is 19.7 Å². The van der Waals surface area contributed by atoms with Gasteiger partial charge in [-0.3, -0.25) is 9.99 Å². The molecule has 0 radical (unpaired) electrons. The first-order valence-corrected chi connectivity index (χ1v) is 8.06. The molecule has 1 heterocycles. The van der Waals surface area contributed by atoms with Crippen LogP contribution in [0.1, 0.15) is 20.3 Å². The Hall–Kier alpha value is -0.460. The Labute approximate surface area is 129 Å². The molecule has 1 aliphatic rings. The van der Waals surface area contributed by atoms with Crippen LogP contribution in [0.25, 0.3) is 0 Å². The SMILES string of the molecule is CC(C)(C=O)CCN1CCOCC1.COCCNPN=O. The van der Waals surface area contributed by atoms with Crippen LogP contribution in [-0.2, 0) is 14.3 Å². The van der Waals surface area contributed by atoms with Crippen LogP contribution in [0, 0.1) is 10.3 Å². The second kappa shape index (κ2) is 13.2. The van der Waals surface area contributed by atoms with Gasteiger partial charge in [0.2, 0.25) is 0 Å². The van der Waals surface area contributed by atoms with E-state index in [1.807, 2.05) is 13.8 Å². The van der Waals surface area contributed by atoms with Gasteiger partial charge in [-0.05, 0) is 17.9 Å². The summed E-state index contributed by atoms with van der Waals surface area (Å²) in [5.74, 6) is 0. The number of nitroso groups, excluding NO2 is 1. The van der Waals surface area contributed by atoms with Gasteiger partial charge in [0, 0.05) is 32.2 Å². The number of hydrogen-bond donors (Lipinski definition) is 1. The molecule has 1 saturated heterocycles. The van der Waals surface area contributed by atoms with Gasteiger partial charge in [0.1, 0.15) is 15.2 Å². The maximum absolute atomic E-state index is 10.7. The summed E-state index contributed by atoms with van der Waals surface area (Å²) in [7, 11) is 1.57. The first-order chi connectivity index (χ1) is 10.1. The third-order valence-electron chi connectivity index (χ3n) is 3.05. The van der Waals surface area contributed by atoms with Crippen LogP contribution >= 0.6 is 8.88 Å². The van der Waals surface area contributed by atoms with Crippen molar-refractivity contribution in [2.75, 3.05) is 53.1 Å². The summed E-state index contributed by atoms with van der Waals surface area (Å²) in [4.78, 5) is 25.1. The highest BCUT2D eigenvalue weighted by molar-refractivity contribution is 7.33. The van der Waals surface area contributed by atoms with Crippen LogP contribution in [0.15, 0.2) is 4.95 Å². The Kier molecular flexibility index (Phi) is 12.9. The number of morpholine rings is 1. The molecule has 1 unspecified atom stereocenters. The Morgan fingerprint density at radius 3 is 2.62 bits per heavy atom. The molecule has 1 fully saturated rings. The fraction of sp³-hybridized carbons (Fsp3) is 0.923. The Morgan fingerprint density at radius 2 is 2.10 bits per heavy atom. The number of nitrogens with zero attached hydrogens (tertiary/aromatic N) is 2. The summed E-state index contributed by atoms with van der Waals surface area (Å²) < 4.78 is 9.93. The van der Waals surface area contributed by atoms with Gasteiger partial charge in [-0.1, -0.05) is 13.8 Å². The van der Waals surface area contributed by atoms with Gasteiger partial charge in [0.15, 0.2) is 0 Å². The van der Waals surface area contributed by atoms with Crippen molar-refractivity contribution in [2.24, 2.45) is 10.4 Å². The maximum Gasteiger partial charge on any atom is 0.125 e. The normalized spacial score (nSPS) is 16.5. The number of aldehydes is 1. The minimum atomic E-state index is -0.168. The first kappa shape index (κ1) is 20.5. The lowest BCUT2D eigenvalue weighted by Crippen LogP contribution is -2.38. The van der Waals surface area contributed by atoms with Gasteiger partial charge in [0.05, 0.1) is 19.8 Å². The van der Waals surface area contributed by atoms with Crippen molar-refractivity contribution in [1.82, 2.24) is 9.99 Å². The van der Waals surface area contributed by atoms with Gasteiger partial charge in [-0.15, -0.1) is 4.91 Å². The van der Waals surface area contributed by atoms with Crippen molar-refractivity contribution in [3.05, 3.63) is 4.91 Å². The summed E-state index contributed by atoms with van der Waals surface area (Å²) in [5, 5.41) is 2.76. The highest BCUT2D eigenvalue weighted by Gasteiger charge is 2.18. The molecule has 1 aliphatic heterocycles. The largest absolute Gasteiger partial charge is 0.383 e. The van der Waals surface area contributed by atoms with E-state index in [-0.39, 0.29) is 14.3 Å². The zero-order valence-corrected chi connectivity index (χ0v) is 14.3. The molecule has 0 spiro atoms. The van der Waals surface area contributed by atoms with Gasteiger partial charge < -0.3 is 14.3 Å². The molecule has 124 valence electrons. The molecule has 0 aromatic rings. The summed E-state index contributed by atoms with van der Waals surface area (Å²) in [6, 6.07) is 0. The smallest absolute Gasteiger partial charge is 0.125 e.